The van der Waals surface area contributed by atoms with Crippen molar-refractivity contribution in [3.63, 3.8) is 0 Å². The smallest absolute Gasteiger partial charge is 0.273 e. The van der Waals surface area contributed by atoms with Crippen LogP contribution in [0.5, 0.6) is 0 Å². The van der Waals surface area contributed by atoms with Gasteiger partial charge in [-0.1, -0.05) is 41.5 Å². The van der Waals surface area contributed by atoms with Crippen LogP contribution >= 0.6 is 0 Å². The first kappa shape index (κ1) is 21.5. The van der Waals surface area contributed by atoms with Gasteiger partial charge in [0.05, 0.1) is 5.71 Å². The molecule has 3 rings (SSSR count). The number of rotatable bonds is 7. The van der Waals surface area contributed by atoms with Crippen molar-refractivity contribution in [1.82, 2.24) is 5.32 Å². The maximum Gasteiger partial charge on any atom is 0.273 e. The number of halogens is 1. The number of amides is 1. The van der Waals surface area contributed by atoms with Crippen molar-refractivity contribution >= 4 is 17.3 Å². The number of carbonyl (C=O) groups excluding carboxylic acids is 1. The first-order valence-electron chi connectivity index (χ1n) is 9.90. The summed E-state index contributed by atoms with van der Waals surface area (Å²) in [6.45, 7) is 4.18. The lowest BCUT2D eigenvalue weighted by atomic mass is 9.98. The van der Waals surface area contributed by atoms with Gasteiger partial charge in [-0.05, 0) is 42.5 Å². The topological polar surface area (TPSA) is 72.3 Å². The van der Waals surface area contributed by atoms with E-state index >= 15 is 0 Å². The van der Waals surface area contributed by atoms with Crippen molar-refractivity contribution in [2.24, 2.45) is 10.3 Å². The monoisotopic (exact) mass is 411 g/mol. The van der Waals surface area contributed by atoms with Crippen molar-refractivity contribution in [2.75, 3.05) is 14.2 Å². The summed E-state index contributed by atoms with van der Waals surface area (Å²) in [5.74, 6) is -0.336. The van der Waals surface area contributed by atoms with E-state index in [1.54, 1.807) is 6.07 Å². The second kappa shape index (κ2) is 9.52. The second-order valence-electron chi connectivity index (χ2n) is 7.15. The molecule has 2 aromatic rings. The highest BCUT2D eigenvalue weighted by molar-refractivity contribution is 6.45. The average molecular weight is 411 g/mol. The summed E-state index contributed by atoms with van der Waals surface area (Å²) in [6, 6.07) is 10.4. The molecule has 1 atom stereocenters. The van der Waals surface area contributed by atoms with Gasteiger partial charge < -0.3 is 15.0 Å². The zero-order valence-electron chi connectivity index (χ0n) is 17.7. The first-order chi connectivity index (χ1) is 14.5. The number of oxime groups is 2. The van der Waals surface area contributed by atoms with Gasteiger partial charge >= 0.3 is 0 Å². The molecule has 1 unspecified atom stereocenters. The molecule has 30 heavy (non-hydrogen) atoms. The van der Waals surface area contributed by atoms with Crippen molar-refractivity contribution in [2.45, 2.75) is 39.2 Å². The van der Waals surface area contributed by atoms with Gasteiger partial charge in [0, 0.05) is 30.2 Å². The third kappa shape index (κ3) is 4.35. The summed E-state index contributed by atoms with van der Waals surface area (Å²) >= 11 is 0. The molecule has 6 nitrogen and oxygen atoms in total. The van der Waals surface area contributed by atoms with Gasteiger partial charge in [0.15, 0.2) is 5.71 Å². The Morgan fingerprint density at radius 2 is 2.10 bits per heavy atom. The van der Waals surface area contributed by atoms with Gasteiger partial charge in [-0.2, -0.15) is 0 Å². The van der Waals surface area contributed by atoms with E-state index in [1.807, 2.05) is 25.1 Å². The van der Waals surface area contributed by atoms with Gasteiger partial charge in [-0.3, -0.25) is 4.79 Å². The number of aryl methyl sites for hydroxylation is 1. The van der Waals surface area contributed by atoms with Crippen LogP contribution in [0.2, 0.25) is 0 Å². The van der Waals surface area contributed by atoms with Gasteiger partial charge in [-0.15, -0.1) is 0 Å². The van der Waals surface area contributed by atoms with E-state index in [0.717, 1.165) is 34.4 Å². The van der Waals surface area contributed by atoms with E-state index in [1.165, 1.54) is 26.3 Å². The third-order valence-electron chi connectivity index (χ3n) is 5.37. The molecule has 0 fully saturated rings. The summed E-state index contributed by atoms with van der Waals surface area (Å²) in [6.07, 6.45) is 1.66. The minimum Gasteiger partial charge on any atom is -0.398 e. The highest BCUT2D eigenvalue weighted by Crippen LogP contribution is 2.36. The Bertz CT molecular complexity index is 1000. The van der Waals surface area contributed by atoms with Crippen molar-refractivity contribution in [3.8, 4) is 0 Å². The maximum absolute atomic E-state index is 13.8. The van der Waals surface area contributed by atoms with Crippen LogP contribution in [0, 0.1) is 12.7 Å². The predicted octanol–water partition coefficient (Wildman–Crippen LogP) is 4.05. The lowest BCUT2D eigenvalue weighted by molar-refractivity contribution is -0.114. The van der Waals surface area contributed by atoms with Crippen LogP contribution < -0.4 is 5.32 Å². The normalized spacial score (nSPS) is 17.0. The minimum absolute atomic E-state index is 0.146. The zero-order chi connectivity index (χ0) is 21.7. The van der Waals surface area contributed by atoms with Gasteiger partial charge in [0.1, 0.15) is 19.5 Å². The molecule has 1 aliphatic carbocycles. The minimum atomic E-state index is -0.360. The molecule has 0 aliphatic heterocycles. The quantitative estimate of drug-likeness (QED) is 0.552. The number of hydrogen-bond donors (Lipinski definition) is 1. The number of hydrogen-bond acceptors (Lipinski definition) is 5. The highest BCUT2D eigenvalue weighted by Gasteiger charge is 2.27. The Labute approximate surface area is 175 Å². The van der Waals surface area contributed by atoms with Gasteiger partial charge in [-0.25, -0.2) is 4.39 Å². The number of likely N-dealkylation sites (N-methyl/N-ethyl adjacent to an activating group) is 1. The molecule has 0 radical (unpaired) electrons. The van der Waals surface area contributed by atoms with Crippen molar-refractivity contribution in [1.29, 1.82) is 0 Å². The van der Waals surface area contributed by atoms with Crippen LogP contribution in [-0.2, 0) is 21.1 Å². The molecule has 0 aromatic heterocycles. The largest absolute Gasteiger partial charge is 0.398 e. The Kier molecular flexibility index (Phi) is 6.82. The van der Waals surface area contributed by atoms with Crippen LogP contribution in [0.25, 0.3) is 0 Å². The molecule has 2 aromatic carbocycles. The fraction of sp³-hybridized carbons (Fsp3) is 0.348. The van der Waals surface area contributed by atoms with Crippen LogP contribution in [0.3, 0.4) is 0 Å². The summed E-state index contributed by atoms with van der Waals surface area (Å²) < 4.78 is 13.8. The van der Waals surface area contributed by atoms with E-state index in [4.69, 9.17) is 9.68 Å². The van der Waals surface area contributed by atoms with Gasteiger partial charge in [0.25, 0.3) is 5.91 Å². The first-order valence-corrected chi connectivity index (χ1v) is 9.90. The van der Waals surface area contributed by atoms with E-state index < -0.39 is 0 Å². The van der Waals surface area contributed by atoms with Crippen LogP contribution in [0.1, 0.15) is 53.5 Å². The Morgan fingerprint density at radius 1 is 1.30 bits per heavy atom. The molecule has 158 valence electrons. The lowest BCUT2D eigenvalue weighted by Crippen LogP contribution is -2.29. The second-order valence-corrected chi connectivity index (χ2v) is 7.15. The number of carbonyl (C=O) groups is 1. The fourth-order valence-corrected chi connectivity index (χ4v) is 3.75. The molecule has 0 bridgehead atoms. The number of nitrogens with zero attached hydrogens (tertiary/aromatic N) is 2. The number of benzene rings is 2. The molecule has 1 amide bonds. The van der Waals surface area contributed by atoms with Crippen molar-refractivity contribution < 1.29 is 18.9 Å². The summed E-state index contributed by atoms with van der Waals surface area (Å²) in [5.41, 5.74) is 5.14. The highest BCUT2D eigenvalue weighted by atomic mass is 19.1. The van der Waals surface area contributed by atoms with Gasteiger partial charge in [0.2, 0.25) is 0 Å². The predicted molar refractivity (Wildman–Crippen MR) is 114 cm³/mol. The van der Waals surface area contributed by atoms with Crippen LogP contribution in [0.4, 0.5) is 4.39 Å². The molecule has 7 heteroatoms. The van der Waals surface area contributed by atoms with Crippen LogP contribution in [-0.4, -0.2) is 31.5 Å². The fourth-order valence-electron chi connectivity index (χ4n) is 3.75. The lowest BCUT2D eigenvalue weighted by Gasteiger charge is -2.13. The van der Waals surface area contributed by atoms with E-state index in [0.29, 0.717) is 17.9 Å². The SMILES string of the molecule is CCC1C/C(=N\OCc2c(C)cccc2/C(=N\OC)C(=O)NC)c2cc(F)ccc21. The Balaban J connectivity index is 1.88. The molecule has 0 spiro atoms. The molecule has 0 saturated heterocycles. The number of fused-ring (bicyclic) bond motifs is 1. The molecule has 1 N–H and O–H groups in total. The third-order valence-corrected chi connectivity index (χ3v) is 5.37. The standard InChI is InChI=1S/C23H26FN3O3/c1-5-15-11-21(19-12-16(24)9-10-17(15)19)26-30-13-20-14(2)7-6-8-18(20)22(27-29-4)23(28)25-3/h6-10,12,15H,5,11,13H2,1-4H3,(H,25,28)/b26-21+,27-22+. The molecule has 1 aliphatic rings. The maximum atomic E-state index is 13.8. The van der Waals surface area contributed by atoms with Crippen LogP contribution in [0.15, 0.2) is 46.7 Å². The molecular formula is C23H26FN3O3. The summed E-state index contributed by atoms with van der Waals surface area (Å²) in [5, 5.41) is 10.8. The molecule has 0 heterocycles. The van der Waals surface area contributed by atoms with E-state index in [-0.39, 0.29) is 24.0 Å². The summed E-state index contributed by atoms with van der Waals surface area (Å²) in [7, 11) is 2.92. The number of nitrogens with one attached hydrogen (secondary N) is 1. The molecule has 0 saturated carbocycles. The zero-order valence-corrected chi connectivity index (χ0v) is 17.7. The van der Waals surface area contributed by atoms with Crippen molar-refractivity contribution in [3.05, 3.63) is 70.0 Å². The molecular weight excluding hydrogens is 385 g/mol. The summed E-state index contributed by atoms with van der Waals surface area (Å²) in [4.78, 5) is 22.8. The van der Waals surface area contributed by atoms with E-state index in [2.05, 4.69) is 22.6 Å². The average Bonchev–Trinajstić information content (AvgIpc) is 3.09. The Hall–Kier alpha value is -3.22. The van der Waals surface area contributed by atoms with E-state index in [9.17, 15) is 9.18 Å². The Morgan fingerprint density at radius 3 is 2.80 bits per heavy atom.